The molecule has 1 amide bonds. The fraction of sp³-hybridized carbons (Fsp3) is 0.412. The van der Waals surface area contributed by atoms with Crippen LogP contribution in [0.3, 0.4) is 0 Å². The molecule has 0 aliphatic rings. The van der Waals surface area contributed by atoms with Gasteiger partial charge in [0.1, 0.15) is 0 Å². The van der Waals surface area contributed by atoms with E-state index in [-0.39, 0.29) is 5.91 Å². The van der Waals surface area contributed by atoms with E-state index < -0.39 is 0 Å². The molecule has 4 heteroatoms. The highest BCUT2D eigenvalue weighted by Crippen LogP contribution is 2.27. The van der Waals surface area contributed by atoms with Crippen LogP contribution in [-0.2, 0) is 6.54 Å². The number of nitrogens with zero attached hydrogens (tertiary/aromatic N) is 2. The molecule has 0 radical (unpaired) electrons. The normalized spacial score (nSPS) is 10.8. The van der Waals surface area contributed by atoms with Gasteiger partial charge in [-0.05, 0) is 62.4 Å². The minimum Gasteiger partial charge on any atom is -0.337 e. The van der Waals surface area contributed by atoms with Gasteiger partial charge in [0.2, 0.25) is 0 Å². The first-order chi connectivity index (χ1) is 9.84. The second-order valence-electron chi connectivity index (χ2n) is 5.77. The largest absolute Gasteiger partial charge is 0.337 e. The Morgan fingerprint density at radius 1 is 1.05 bits per heavy atom. The number of rotatable bonds is 3. The lowest BCUT2D eigenvalue weighted by molar-refractivity contribution is 0.0783. The van der Waals surface area contributed by atoms with Crippen molar-refractivity contribution in [1.29, 1.82) is 0 Å². The number of aromatic amines is 1. The molecule has 1 aromatic carbocycles. The van der Waals surface area contributed by atoms with E-state index in [0.29, 0.717) is 6.54 Å². The summed E-state index contributed by atoms with van der Waals surface area (Å²) in [6.45, 7) is 10.9. The Kier molecular flexibility index (Phi) is 4.16. The number of carbonyl (C=O) groups is 1. The quantitative estimate of drug-likeness (QED) is 0.941. The molecule has 0 saturated heterocycles. The Balaban J connectivity index is 2.39. The highest BCUT2D eigenvalue weighted by molar-refractivity contribution is 5.97. The number of benzene rings is 1. The summed E-state index contributed by atoms with van der Waals surface area (Å²) in [5.41, 5.74) is 7.69. The number of aromatic nitrogens is 2. The number of H-pyrrole nitrogens is 1. The molecular formula is C17H23N3O. The van der Waals surface area contributed by atoms with Gasteiger partial charge in [0.25, 0.3) is 5.91 Å². The lowest BCUT2D eigenvalue weighted by atomic mass is 9.89. The number of amides is 1. The van der Waals surface area contributed by atoms with Crippen molar-refractivity contribution in [3.05, 3.63) is 51.3 Å². The van der Waals surface area contributed by atoms with Crippen molar-refractivity contribution >= 4 is 5.91 Å². The number of hydrogen-bond acceptors (Lipinski definition) is 2. The van der Waals surface area contributed by atoms with Gasteiger partial charge in [-0.1, -0.05) is 0 Å². The summed E-state index contributed by atoms with van der Waals surface area (Å²) in [5.74, 6) is 0.0670. The van der Waals surface area contributed by atoms with Gasteiger partial charge < -0.3 is 4.90 Å². The van der Waals surface area contributed by atoms with E-state index in [1.54, 1.807) is 11.1 Å². The van der Waals surface area contributed by atoms with Gasteiger partial charge >= 0.3 is 0 Å². The second kappa shape index (κ2) is 5.72. The van der Waals surface area contributed by atoms with Crippen LogP contribution in [0.1, 0.15) is 43.7 Å². The Morgan fingerprint density at radius 3 is 2.05 bits per heavy atom. The van der Waals surface area contributed by atoms with E-state index in [9.17, 15) is 4.79 Å². The molecule has 0 saturated carbocycles. The third-order valence-corrected chi connectivity index (χ3v) is 4.54. The predicted octanol–water partition coefficient (Wildman–Crippen LogP) is 3.22. The molecule has 2 aromatic rings. The topological polar surface area (TPSA) is 49.0 Å². The smallest absolute Gasteiger partial charge is 0.254 e. The summed E-state index contributed by atoms with van der Waals surface area (Å²) in [6.07, 6.45) is 3.56. The minimum absolute atomic E-state index is 0.0670. The molecular weight excluding hydrogens is 262 g/mol. The molecule has 4 nitrogen and oxygen atoms in total. The molecule has 21 heavy (non-hydrogen) atoms. The fourth-order valence-electron chi connectivity index (χ4n) is 2.72. The molecule has 1 aromatic heterocycles. The standard InChI is InChI=1S/C17H23N3O/c1-10-11(2)13(4)16(14(5)12(10)3)17(21)20(6)9-15-7-18-19-8-15/h7-8H,9H2,1-6H3,(H,18,19). The van der Waals surface area contributed by atoms with Gasteiger partial charge in [0.15, 0.2) is 0 Å². The molecule has 0 bridgehead atoms. The summed E-state index contributed by atoms with van der Waals surface area (Å²) in [6, 6.07) is 0. The van der Waals surface area contributed by atoms with Crippen LogP contribution in [0, 0.1) is 34.6 Å². The molecule has 0 spiro atoms. The molecule has 0 fully saturated rings. The zero-order valence-electron chi connectivity index (χ0n) is 13.7. The first kappa shape index (κ1) is 15.3. The van der Waals surface area contributed by atoms with Crippen LogP contribution in [-0.4, -0.2) is 28.1 Å². The lowest BCUT2D eigenvalue weighted by Crippen LogP contribution is -2.28. The average molecular weight is 285 g/mol. The molecule has 1 heterocycles. The molecule has 0 atom stereocenters. The van der Waals surface area contributed by atoms with Crippen molar-refractivity contribution in [1.82, 2.24) is 15.1 Å². The van der Waals surface area contributed by atoms with Crippen molar-refractivity contribution in [3.8, 4) is 0 Å². The highest BCUT2D eigenvalue weighted by atomic mass is 16.2. The third-order valence-electron chi connectivity index (χ3n) is 4.54. The van der Waals surface area contributed by atoms with E-state index in [1.807, 2.05) is 27.1 Å². The molecule has 2 rings (SSSR count). The highest BCUT2D eigenvalue weighted by Gasteiger charge is 2.21. The van der Waals surface area contributed by atoms with Crippen LogP contribution >= 0.6 is 0 Å². The van der Waals surface area contributed by atoms with Gasteiger partial charge in [-0.3, -0.25) is 9.89 Å². The number of hydrogen-bond donors (Lipinski definition) is 1. The van der Waals surface area contributed by atoms with E-state index in [0.717, 1.165) is 22.3 Å². The van der Waals surface area contributed by atoms with E-state index >= 15 is 0 Å². The molecule has 0 aliphatic carbocycles. The van der Waals surface area contributed by atoms with Crippen molar-refractivity contribution in [2.45, 2.75) is 41.2 Å². The maximum Gasteiger partial charge on any atom is 0.254 e. The summed E-state index contributed by atoms with van der Waals surface area (Å²) in [5, 5.41) is 6.69. The summed E-state index contributed by atoms with van der Waals surface area (Å²) in [4.78, 5) is 14.6. The predicted molar refractivity (Wildman–Crippen MR) is 84.5 cm³/mol. The van der Waals surface area contributed by atoms with Gasteiger partial charge in [0, 0.05) is 30.9 Å². The van der Waals surface area contributed by atoms with Gasteiger partial charge in [-0.2, -0.15) is 5.10 Å². The van der Waals surface area contributed by atoms with Crippen molar-refractivity contribution in [2.24, 2.45) is 0 Å². The Bertz CT molecular complexity index is 643. The Labute approximate surface area is 126 Å². The van der Waals surface area contributed by atoms with Gasteiger partial charge in [-0.25, -0.2) is 0 Å². The summed E-state index contributed by atoms with van der Waals surface area (Å²) in [7, 11) is 1.83. The fourth-order valence-corrected chi connectivity index (χ4v) is 2.72. The van der Waals surface area contributed by atoms with Crippen molar-refractivity contribution in [2.75, 3.05) is 7.05 Å². The first-order valence-electron chi connectivity index (χ1n) is 7.14. The zero-order chi connectivity index (χ0) is 15.7. The maximum absolute atomic E-state index is 12.8. The van der Waals surface area contributed by atoms with Crippen LogP contribution < -0.4 is 0 Å². The lowest BCUT2D eigenvalue weighted by Gasteiger charge is -2.22. The van der Waals surface area contributed by atoms with Crippen LogP contribution in [0.2, 0.25) is 0 Å². The average Bonchev–Trinajstić information content (AvgIpc) is 2.96. The summed E-state index contributed by atoms with van der Waals surface area (Å²) >= 11 is 0. The van der Waals surface area contributed by atoms with E-state index in [2.05, 4.69) is 31.0 Å². The molecule has 0 aliphatic heterocycles. The monoisotopic (exact) mass is 285 g/mol. The third kappa shape index (κ3) is 2.71. The van der Waals surface area contributed by atoms with Crippen molar-refractivity contribution in [3.63, 3.8) is 0 Å². The van der Waals surface area contributed by atoms with Gasteiger partial charge in [0.05, 0.1) is 6.20 Å². The number of carbonyl (C=O) groups excluding carboxylic acids is 1. The Morgan fingerprint density at radius 2 is 1.57 bits per heavy atom. The second-order valence-corrected chi connectivity index (χ2v) is 5.77. The first-order valence-corrected chi connectivity index (χ1v) is 7.14. The minimum atomic E-state index is 0.0670. The number of nitrogens with one attached hydrogen (secondary N) is 1. The van der Waals surface area contributed by atoms with Gasteiger partial charge in [-0.15, -0.1) is 0 Å². The van der Waals surface area contributed by atoms with E-state index in [1.165, 1.54) is 16.7 Å². The van der Waals surface area contributed by atoms with Crippen molar-refractivity contribution < 1.29 is 4.79 Å². The van der Waals surface area contributed by atoms with E-state index in [4.69, 9.17) is 0 Å². The molecule has 112 valence electrons. The maximum atomic E-state index is 12.8. The molecule has 0 unspecified atom stereocenters. The Hall–Kier alpha value is -2.10. The van der Waals surface area contributed by atoms with Crippen LogP contribution in [0.4, 0.5) is 0 Å². The molecule has 1 N–H and O–H groups in total. The summed E-state index contributed by atoms with van der Waals surface area (Å²) < 4.78 is 0. The zero-order valence-corrected chi connectivity index (χ0v) is 13.7. The van der Waals surface area contributed by atoms with Crippen LogP contribution in [0.5, 0.6) is 0 Å². The van der Waals surface area contributed by atoms with Crippen LogP contribution in [0.15, 0.2) is 12.4 Å². The SMILES string of the molecule is Cc1c(C)c(C)c(C(=O)N(C)Cc2cn[nH]c2)c(C)c1C. The van der Waals surface area contributed by atoms with Crippen LogP contribution in [0.25, 0.3) is 0 Å².